The molecule has 0 radical (unpaired) electrons. The normalized spacial score (nSPS) is 23.1. The average Bonchev–Trinajstić information content (AvgIpc) is 1.88. The van der Waals surface area contributed by atoms with E-state index in [1.807, 2.05) is 0 Å². The monoisotopic (exact) mass is 158 g/mol. The summed E-state index contributed by atoms with van der Waals surface area (Å²) in [5.41, 5.74) is 0. The van der Waals surface area contributed by atoms with Crippen LogP contribution in [0.2, 0.25) is 0 Å². The van der Waals surface area contributed by atoms with Crippen molar-refractivity contribution < 1.29 is 27.4 Å². The van der Waals surface area contributed by atoms with E-state index >= 15 is 0 Å². The summed E-state index contributed by atoms with van der Waals surface area (Å²) >= 11 is 0. The van der Waals surface area contributed by atoms with Crippen LogP contribution in [-0.4, -0.2) is 26.1 Å². The number of ether oxygens (including phenoxy) is 3. The Morgan fingerprint density at radius 1 is 1.10 bits per heavy atom. The molecule has 1 heterocycles. The van der Waals surface area contributed by atoms with Crippen LogP contribution in [0, 0.1) is 0 Å². The molecule has 0 aromatic heterocycles. The highest BCUT2D eigenvalue weighted by atomic mass is 19.4. The molecule has 0 N–H and O–H groups in total. The van der Waals surface area contributed by atoms with Crippen LogP contribution in [0.15, 0.2) is 0 Å². The van der Waals surface area contributed by atoms with Crippen molar-refractivity contribution in [2.45, 2.75) is 12.5 Å². The van der Waals surface area contributed by atoms with Crippen molar-refractivity contribution in [1.82, 2.24) is 0 Å². The summed E-state index contributed by atoms with van der Waals surface area (Å²) in [6, 6.07) is 0. The SMILES string of the molecule is FC(F)(F)C1OCOCO1. The molecule has 0 saturated carbocycles. The molecule has 0 bridgehead atoms. The number of hydrogen-bond donors (Lipinski definition) is 0. The highest BCUT2D eigenvalue weighted by Gasteiger charge is 2.43. The van der Waals surface area contributed by atoms with Crippen molar-refractivity contribution in [3.05, 3.63) is 0 Å². The smallest absolute Gasteiger partial charge is 0.329 e. The summed E-state index contributed by atoms with van der Waals surface area (Å²) in [5, 5.41) is 0. The van der Waals surface area contributed by atoms with Gasteiger partial charge in [-0.25, -0.2) is 0 Å². The maximum absolute atomic E-state index is 11.6. The largest absolute Gasteiger partial charge is 0.440 e. The van der Waals surface area contributed by atoms with Gasteiger partial charge >= 0.3 is 6.18 Å². The van der Waals surface area contributed by atoms with E-state index in [4.69, 9.17) is 0 Å². The fraction of sp³-hybridized carbons (Fsp3) is 1.00. The molecule has 1 fully saturated rings. The molecule has 10 heavy (non-hydrogen) atoms. The molecule has 3 nitrogen and oxygen atoms in total. The van der Waals surface area contributed by atoms with Gasteiger partial charge in [0.25, 0.3) is 6.29 Å². The molecule has 1 rings (SSSR count). The molecule has 0 atom stereocenters. The van der Waals surface area contributed by atoms with E-state index in [2.05, 4.69) is 14.2 Å². The third kappa shape index (κ3) is 1.83. The third-order valence-corrected chi connectivity index (χ3v) is 0.873. The van der Waals surface area contributed by atoms with Gasteiger partial charge in [-0.2, -0.15) is 13.2 Å². The second kappa shape index (κ2) is 2.73. The summed E-state index contributed by atoms with van der Waals surface area (Å²) < 4.78 is 47.4. The molecule has 0 spiro atoms. The lowest BCUT2D eigenvalue weighted by Crippen LogP contribution is -2.38. The van der Waals surface area contributed by atoms with Crippen molar-refractivity contribution >= 4 is 0 Å². The Labute approximate surface area is 54.7 Å². The van der Waals surface area contributed by atoms with Crippen LogP contribution < -0.4 is 0 Å². The van der Waals surface area contributed by atoms with Gasteiger partial charge in [0.05, 0.1) is 0 Å². The van der Waals surface area contributed by atoms with Gasteiger partial charge in [-0.15, -0.1) is 0 Å². The molecule has 0 aliphatic carbocycles. The summed E-state index contributed by atoms with van der Waals surface area (Å²) in [7, 11) is 0. The first-order valence-electron chi connectivity index (χ1n) is 2.48. The molecule has 1 aliphatic heterocycles. The third-order valence-electron chi connectivity index (χ3n) is 0.873. The maximum Gasteiger partial charge on any atom is 0.440 e. The highest BCUT2D eigenvalue weighted by molar-refractivity contribution is 4.55. The average molecular weight is 158 g/mol. The molecule has 0 aromatic rings. The summed E-state index contributed by atoms with van der Waals surface area (Å²) in [6.07, 6.45) is -6.58. The molecular weight excluding hydrogens is 153 g/mol. The van der Waals surface area contributed by atoms with E-state index in [0.717, 1.165) is 0 Å². The fourth-order valence-electron chi connectivity index (χ4n) is 0.491. The quantitative estimate of drug-likeness (QED) is 0.523. The maximum atomic E-state index is 11.6. The fourth-order valence-corrected chi connectivity index (χ4v) is 0.491. The Bertz CT molecular complexity index is 107. The van der Waals surface area contributed by atoms with Gasteiger partial charge in [0.2, 0.25) is 0 Å². The first kappa shape index (κ1) is 7.77. The molecule has 6 heteroatoms. The van der Waals surface area contributed by atoms with Gasteiger partial charge in [-0.3, -0.25) is 0 Å². The minimum atomic E-state index is -4.45. The second-order valence-corrected chi connectivity index (χ2v) is 1.65. The Kier molecular flexibility index (Phi) is 2.12. The second-order valence-electron chi connectivity index (χ2n) is 1.65. The summed E-state index contributed by atoms with van der Waals surface area (Å²) in [5.74, 6) is 0. The van der Waals surface area contributed by atoms with Crippen LogP contribution >= 0.6 is 0 Å². The number of halogens is 3. The lowest BCUT2D eigenvalue weighted by molar-refractivity contribution is -0.383. The van der Waals surface area contributed by atoms with Crippen LogP contribution in [-0.2, 0) is 14.2 Å². The number of alkyl halides is 3. The van der Waals surface area contributed by atoms with Crippen molar-refractivity contribution in [3.63, 3.8) is 0 Å². The topological polar surface area (TPSA) is 27.7 Å². The Morgan fingerprint density at radius 3 is 1.90 bits per heavy atom. The van der Waals surface area contributed by atoms with E-state index in [1.165, 1.54) is 0 Å². The van der Waals surface area contributed by atoms with Gasteiger partial charge in [-0.1, -0.05) is 0 Å². The zero-order chi connectivity index (χ0) is 7.61. The molecule has 0 amide bonds. The minimum absolute atomic E-state index is 0.371. The molecule has 1 saturated heterocycles. The Balaban J connectivity index is 2.39. The van der Waals surface area contributed by atoms with Crippen LogP contribution in [0.3, 0.4) is 0 Å². The van der Waals surface area contributed by atoms with E-state index in [1.54, 1.807) is 0 Å². The Morgan fingerprint density at radius 2 is 1.60 bits per heavy atom. The highest BCUT2D eigenvalue weighted by Crippen LogP contribution is 2.25. The van der Waals surface area contributed by atoms with Crippen LogP contribution in [0.1, 0.15) is 0 Å². The van der Waals surface area contributed by atoms with E-state index in [-0.39, 0.29) is 13.6 Å². The predicted molar refractivity (Wildman–Crippen MR) is 22.8 cm³/mol. The lowest BCUT2D eigenvalue weighted by Gasteiger charge is -2.24. The van der Waals surface area contributed by atoms with Crippen LogP contribution in [0.5, 0.6) is 0 Å². The Hall–Kier alpha value is -0.330. The van der Waals surface area contributed by atoms with Crippen molar-refractivity contribution in [3.8, 4) is 0 Å². The summed E-state index contributed by atoms with van der Waals surface area (Å²) in [4.78, 5) is 0. The predicted octanol–water partition coefficient (Wildman–Crippen LogP) is 0.853. The lowest BCUT2D eigenvalue weighted by atomic mass is 10.6. The van der Waals surface area contributed by atoms with Crippen LogP contribution in [0.4, 0.5) is 13.2 Å². The van der Waals surface area contributed by atoms with Crippen molar-refractivity contribution in [2.75, 3.05) is 13.6 Å². The molecule has 0 aromatic carbocycles. The molecule has 60 valence electrons. The molecular formula is C4H5F3O3. The zero-order valence-corrected chi connectivity index (χ0v) is 4.85. The first-order valence-corrected chi connectivity index (χ1v) is 2.48. The van der Waals surface area contributed by atoms with E-state index < -0.39 is 12.5 Å². The van der Waals surface area contributed by atoms with Gasteiger partial charge in [0, 0.05) is 0 Å². The van der Waals surface area contributed by atoms with Gasteiger partial charge in [0.15, 0.2) is 13.6 Å². The minimum Gasteiger partial charge on any atom is -0.329 e. The summed E-state index contributed by atoms with van der Waals surface area (Å²) in [6.45, 7) is -0.742. The van der Waals surface area contributed by atoms with Gasteiger partial charge in [-0.05, 0) is 0 Å². The van der Waals surface area contributed by atoms with Crippen molar-refractivity contribution in [1.29, 1.82) is 0 Å². The van der Waals surface area contributed by atoms with Crippen molar-refractivity contribution in [2.24, 2.45) is 0 Å². The number of rotatable bonds is 0. The molecule has 0 unspecified atom stereocenters. The first-order chi connectivity index (χ1) is 4.61. The standard InChI is InChI=1S/C4H5F3O3/c5-4(6,7)3-9-1-8-2-10-3/h3H,1-2H2. The zero-order valence-electron chi connectivity index (χ0n) is 4.85. The van der Waals surface area contributed by atoms with Crippen LogP contribution in [0.25, 0.3) is 0 Å². The van der Waals surface area contributed by atoms with Gasteiger partial charge < -0.3 is 14.2 Å². The molecule has 1 aliphatic rings. The van der Waals surface area contributed by atoms with E-state index in [9.17, 15) is 13.2 Å². The van der Waals surface area contributed by atoms with E-state index in [0.29, 0.717) is 0 Å². The van der Waals surface area contributed by atoms with Gasteiger partial charge in [0.1, 0.15) is 0 Å². The number of hydrogen-bond acceptors (Lipinski definition) is 3.